The molecular weight excluding hydrogens is 252 g/mol. The van der Waals surface area contributed by atoms with Gasteiger partial charge >= 0.3 is 0 Å². The van der Waals surface area contributed by atoms with Crippen LogP contribution in [0.25, 0.3) is 0 Å². The fraction of sp³-hybridized carbons (Fsp3) is 0.583. The smallest absolute Gasteiger partial charge is 0.128 e. The van der Waals surface area contributed by atoms with E-state index < -0.39 is 0 Å². The monoisotopic (exact) mass is 268 g/mol. The molecule has 1 aromatic heterocycles. The summed E-state index contributed by atoms with van der Waals surface area (Å²) in [7, 11) is 0. The van der Waals surface area contributed by atoms with Crippen LogP contribution in [-0.2, 0) is 0 Å². The molecule has 1 fully saturated rings. The van der Waals surface area contributed by atoms with Gasteiger partial charge in [0.25, 0.3) is 0 Å². The minimum atomic E-state index is 0.783. The lowest BCUT2D eigenvalue weighted by Crippen LogP contribution is -2.21. The normalized spacial score (nSPS) is 21.3. The van der Waals surface area contributed by atoms with Gasteiger partial charge in [0, 0.05) is 23.8 Å². The summed E-state index contributed by atoms with van der Waals surface area (Å²) in [6.07, 6.45) is 3.17. The minimum Gasteiger partial charge on any atom is -0.356 e. The Labute approximate surface area is 99.8 Å². The van der Waals surface area contributed by atoms with Crippen molar-refractivity contribution in [3.05, 3.63) is 22.8 Å². The largest absolute Gasteiger partial charge is 0.356 e. The van der Waals surface area contributed by atoms with Gasteiger partial charge in [0.15, 0.2) is 0 Å². The van der Waals surface area contributed by atoms with Crippen LogP contribution in [0.1, 0.15) is 20.3 Å². The van der Waals surface area contributed by atoms with E-state index in [-0.39, 0.29) is 0 Å². The zero-order valence-electron chi connectivity index (χ0n) is 9.28. The van der Waals surface area contributed by atoms with Gasteiger partial charge in [0.1, 0.15) is 5.82 Å². The molecule has 15 heavy (non-hydrogen) atoms. The van der Waals surface area contributed by atoms with Crippen molar-refractivity contribution in [3.63, 3.8) is 0 Å². The maximum atomic E-state index is 4.43. The van der Waals surface area contributed by atoms with Gasteiger partial charge in [-0.05, 0) is 46.3 Å². The average molecular weight is 269 g/mol. The van der Waals surface area contributed by atoms with Gasteiger partial charge < -0.3 is 4.90 Å². The summed E-state index contributed by atoms with van der Waals surface area (Å²) < 4.78 is 1.05. The van der Waals surface area contributed by atoms with Gasteiger partial charge in [-0.3, -0.25) is 0 Å². The van der Waals surface area contributed by atoms with E-state index in [4.69, 9.17) is 0 Å². The van der Waals surface area contributed by atoms with Crippen LogP contribution in [0.5, 0.6) is 0 Å². The van der Waals surface area contributed by atoms with Gasteiger partial charge in [-0.25, -0.2) is 4.98 Å². The molecule has 2 rings (SSSR count). The van der Waals surface area contributed by atoms with Crippen LogP contribution in [0, 0.1) is 11.8 Å². The van der Waals surface area contributed by atoms with Gasteiger partial charge in [0.2, 0.25) is 0 Å². The van der Waals surface area contributed by atoms with E-state index in [2.05, 4.69) is 51.8 Å². The Bertz CT molecular complexity index is 321. The second-order valence-electron chi connectivity index (χ2n) is 4.57. The highest BCUT2D eigenvalue weighted by molar-refractivity contribution is 9.10. The van der Waals surface area contributed by atoms with Gasteiger partial charge in [-0.2, -0.15) is 0 Å². The maximum Gasteiger partial charge on any atom is 0.128 e. The van der Waals surface area contributed by atoms with Crippen molar-refractivity contribution in [2.45, 2.75) is 20.3 Å². The Morgan fingerprint density at radius 2 is 2.27 bits per heavy atom. The van der Waals surface area contributed by atoms with Crippen LogP contribution < -0.4 is 4.90 Å². The Kier molecular flexibility index (Phi) is 3.29. The molecule has 1 aliphatic rings. The molecule has 2 nitrogen and oxygen atoms in total. The highest BCUT2D eigenvalue weighted by atomic mass is 79.9. The van der Waals surface area contributed by atoms with E-state index in [0.717, 1.165) is 35.2 Å². The molecule has 0 saturated carbocycles. The minimum absolute atomic E-state index is 0.783. The third-order valence-electron chi connectivity index (χ3n) is 3.20. The Morgan fingerprint density at radius 1 is 1.47 bits per heavy atom. The SMILES string of the molecule is CC(C)C1CCN(c2ccc(Br)cn2)C1. The molecule has 1 saturated heterocycles. The molecule has 1 unspecified atom stereocenters. The first kappa shape index (κ1) is 10.9. The van der Waals surface area contributed by atoms with Crippen molar-refractivity contribution in [1.29, 1.82) is 0 Å². The number of rotatable bonds is 2. The first-order valence-corrected chi connectivity index (χ1v) is 6.32. The van der Waals surface area contributed by atoms with Crippen LogP contribution in [-0.4, -0.2) is 18.1 Å². The zero-order valence-corrected chi connectivity index (χ0v) is 10.9. The summed E-state index contributed by atoms with van der Waals surface area (Å²) in [5.74, 6) is 2.72. The summed E-state index contributed by atoms with van der Waals surface area (Å²) in [5, 5.41) is 0. The lowest BCUT2D eigenvalue weighted by molar-refractivity contribution is 0.422. The molecule has 1 atom stereocenters. The molecule has 0 N–H and O–H groups in total. The van der Waals surface area contributed by atoms with Gasteiger partial charge in [-0.15, -0.1) is 0 Å². The van der Waals surface area contributed by atoms with E-state index in [0.29, 0.717) is 0 Å². The quantitative estimate of drug-likeness (QED) is 0.818. The van der Waals surface area contributed by atoms with E-state index >= 15 is 0 Å². The van der Waals surface area contributed by atoms with Crippen LogP contribution in [0.2, 0.25) is 0 Å². The van der Waals surface area contributed by atoms with E-state index in [1.54, 1.807) is 0 Å². The predicted molar refractivity (Wildman–Crippen MR) is 67.1 cm³/mol. The second kappa shape index (κ2) is 4.52. The number of pyridine rings is 1. The molecule has 0 aromatic carbocycles. The molecule has 0 aliphatic carbocycles. The first-order valence-electron chi connectivity index (χ1n) is 5.53. The zero-order chi connectivity index (χ0) is 10.8. The van der Waals surface area contributed by atoms with Crippen LogP contribution in [0.3, 0.4) is 0 Å². The van der Waals surface area contributed by atoms with Crippen molar-refractivity contribution in [2.75, 3.05) is 18.0 Å². The molecule has 0 spiro atoms. The lowest BCUT2D eigenvalue weighted by Gasteiger charge is -2.18. The topological polar surface area (TPSA) is 16.1 Å². The summed E-state index contributed by atoms with van der Waals surface area (Å²) in [6.45, 7) is 6.93. The number of hydrogen-bond donors (Lipinski definition) is 0. The summed E-state index contributed by atoms with van der Waals surface area (Å²) >= 11 is 3.41. The highest BCUT2D eigenvalue weighted by Crippen LogP contribution is 2.27. The van der Waals surface area contributed by atoms with Gasteiger partial charge in [0.05, 0.1) is 0 Å². The van der Waals surface area contributed by atoms with Gasteiger partial charge in [-0.1, -0.05) is 13.8 Å². The van der Waals surface area contributed by atoms with E-state index in [1.165, 1.54) is 6.42 Å². The number of aromatic nitrogens is 1. The molecular formula is C12H17BrN2. The molecule has 0 amide bonds. The molecule has 1 aromatic rings. The first-order chi connectivity index (χ1) is 7.16. The summed E-state index contributed by atoms with van der Waals surface area (Å²) in [5.41, 5.74) is 0. The van der Waals surface area contributed by atoms with Crippen molar-refractivity contribution < 1.29 is 0 Å². The number of anilines is 1. The Balaban J connectivity index is 2.04. The molecule has 3 heteroatoms. The molecule has 0 bridgehead atoms. The van der Waals surface area contributed by atoms with E-state index in [9.17, 15) is 0 Å². The van der Waals surface area contributed by atoms with E-state index in [1.807, 2.05) is 6.20 Å². The highest BCUT2D eigenvalue weighted by Gasteiger charge is 2.25. The van der Waals surface area contributed by atoms with Crippen LogP contribution in [0.15, 0.2) is 22.8 Å². The Morgan fingerprint density at radius 3 is 2.80 bits per heavy atom. The van der Waals surface area contributed by atoms with Crippen LogP contribution in [0.4, 0.5) is 5.82 Å². The number of nitrogens with zero attached hydrogens (tertiary/aromatic N) is 2. The fourth-order valence-electron chi connectivity index (χ4n) is 2.09. The molecule has 82 valence electrons. The van der Waals surface area contributed by atoms with Crippen LogP contribution >= 0.6 is 15.9 Å². The van der Waals surface area contributed by atoms with Crippen molar-refractivity contribution in [3.8, 4) is 0 Å². The number of hydrogen-bond acceptors (Lipinski definition) is 2. The third-order valence-corrected chi connectivity index (χ3v) is 3.67. The second-order valence-corrected chi connectivity index (χ2v) is 5.49. The Hall–Kier alpha value is -0.570. The standard InChI is InChI=1S/C12H17BrN2/c1-9(2)10-5-6-15(8-10)12-4-3-11(13)7-14-12/h3-4,7,9-10H,5-6,8H2,1-2H3. The molecule has 0 radical (unpaired) electrons. The molecule has 2 heterocycles. The predicted octanol–water partition coefficient (Wildman–Crippen LogP) is 3.33. The summed E-state index contributed by atoms with van der Waals surface area (Å²) in [6, 6.07) is 4.15. The van der Waals surface area contributed by atoms with Crippen molar-refractivity contribution in [1.82, 2.24) is 4.98 Å². The number of halogens is 1. The lowest BCUT2D eigenvalue weighted by atomic mass is 9.95. The van der Waals surface area contributed by atoms with Crippen molar-refractivity contribution in [2.24, 2.45) is 11.8 Å². The summed E-state index contributed by atoms with van der Waals surface area (Å²) in [4.78, 5) is 6.82. The third kappa shape index (κ3) is 2.51. The average Bonchev–Trinajstić information content (AvgIpc) is 2.68. The molecule has 1 aliphatic heterocycles. The maximum absolute atomic E-state index is 4.43. The van der Waals surface area contributed by atoms with Crippen molar-refractivity contribution >= 4 is 21.7 Å². The fourth-order valence-corrected chi connectivity index (χ4v) is 2.33.